The maximum Gasteiger partial charge on any atom is 0.142 e. The van der Waals surface area contributed by atoms with Crippen LogP contribution in [0.4, 0.5) is 10.1 Å². The van der Waals surface area contributed by atoms with Crippen LogP contribution in [0.1, 0.15) is 5.56 Å². The number of halogens is 1. The lowest BCUT2D eigenvalue weighted by molar-refractivity contribution is 0.262. The van der Waals surface area contributed by atoms with Crippen molar-refractivity contribution in [3.8, 4) is 5.75 Å². The van der Waals surface area contributed by atoms with E-state index in [1.807, 2.05) is 19.0 Å². The van der Waals surface area contributed by atoms with Gasteiger partial charge in [-0.1, -0.05) is 6.07 Å². The number of alkyl halides is 1. The Bertz CT molecular complexity index is 315. The highest BCUT2D eigenvalue weighted by Gasteiger charge is 2.02. The molecule has 3 nitrogen and oxygen atoms in total. The minimum atomic E-state index is -0.498. The fourth-order valence-corrected chi connectivity index (χ4v) is 1.15. The summed E-state index contributed by atoms with van der Waals surface area (Å²) in [6.45, 7) is 0.901. The summed E-state index contributed by atoms with van der Waals surface area (Å²) in [5.41, 5.74) is 6.77. The number of benzene rings is 1. The molecule has 0 saturated heterocycles. The fourth-order valence-electron chi connectivity index (χ4n) is 1.15. The number of nitrogens with zero attached hydrogens (tertiary/aromatic N) is 1. The van der Waals surface area contributed by atoms with Crippen molar-refractivity contribution >= 4 is 5.69 Å². The van der Waals surface area contributed by atoms with Gasteiger partial charge in [-0.25, -0.2) is 4.39 Å². The first kappa shape index (κ1) is 11.8. The van der Waals surface area contributed by atoms with Crippen molar-refractivity contribution in [3.05, 3.63) is 23.8 Å². The minimum absolute atomic E-state index is 0.490. The van der Waals surface area contributed by atoms with E-state index in [9.17, 15) is 4.39 Å². The van der Waals surface area contributed by atoms with Crippen LogP contribution in [0.2, 0.25) is 0 Å². The maximum absolute atomic E-state index is 12.3. The third-order valence-corrected chi connectivity index (χ3v) is 2.02. The summed E-state index contributed by atoms with van der Waals surface area (Å²) in [5, 5.41) is 0. The molecule has 0 aliphatic heterocycles. The highest BCUT2D eigenvalue weighted by Crippen LogP contribution is 2.22. The van der Waals surface area contributed by atoms with E-state index in [0.717, 1.165) is 6.54 Å². The summed E-state index contributed by atoms with van der Waals surface area (Å²) >= 11 is 0. The van der Waals surface area contributed by atoms with Gasteiger partial charge in [-0.2, -0.15) is 0 Å². The monoisotopic (exact) mass is 212 g/mol. The Hall–Kier alpha value is -1.29. The van der Waals surface area contributed by atoms with E-state index in [-0.39, 0.29) is 0 Å². The Kier molecular flexibility index (Phi) is 4.37. The third-order valence-electron chi connectivity index (χ3n) is 2.02. The lowest BCUT2D eigenvalue weighted by Crippen LogP contribution is -2.19. The smallest absolute Gasteiger partial charge is 0.142 e. The van der Waals surface area contributed by atoms with E-state index in [4.69, 9.17) is 10.5 Å². The number of rotatable bonds is 5. The van der Waals surface area contributed by atoms with Gasteiger partial charge in [-0.15, -0.1) is 0 Å². The van der Waals surface area contributed by atoms with Crippen LogP contribution in [-0.4, -0.2) is 32.1 Å². The van der Waals surface area contributed by atoms with Crippen LogP contribution in [0.15, 0.2) is 18.2 Å². The average molecular weight is 212 g/mol. The zero-order chi connectivity index (χ0) is 11.3. The molecule has 2 N–H and O–H groups in total. The number of hydrogen-bond donors (Lipinski definition) is 1. The molecular formula is C11H17FN2O. The van der Waals surface area contributed by atoms with E-state index in [0.29, 0.717) is 23.6 Å². The SMILES string of the molecule is CN(C)CCOc1ccc(CF)cc1N. The predicted molar refractivity (Wildman–Crippen MR) is 59.7 cm³/mol. The number of nitrogens with two attached hydrogens (primary N) is 1. The predicted octanol–water partition coefficient (Wildman–Crippen LogP) is 1.68. The molecule has 1 aromatic rings. The average Bonchev–Trinajstić information content (AvgIpc) is 2.20. The van der Waals surface area contributed by atoms with Gasteiger partial charge in [0.1, 0.15) is 19.0 Å². The Morgan fingerprint density at radius 3 is 2.67 bits per heavy atom. The molecule has 0 unspecified atom stereocenters. The number of nitrogen functional groups attached to an aromatic ring is 1. The lowest BCUT2D eigenvalue weighted by atomic mass is 10.2. The summed E-state index contributed by atoms with van der Waals surface area (Å²) < 4.78 is 17.7. The Labute approximate surface area is 89.6 Å². The third kappa shape index (κ3) is 3.75. The Balaban J connectivity index is 2.54. The number of ether oxygens (including phenoxy) is 1. The van der Waals surface area contributed by atoms with Gasteiger partial charge in [0.05, 0.1) is 5.69 Å². The number of likely N-dealkylation sites (N-methyl/N-ethyl adjacent to an activating group) is 1. The van der Waals surface area contributed by atoms with Crippen LogP contribution in [0.3, 0.4) is 0 Å². The van der Waals surface area contributed by atoms with Crippen molar-refractivity contribution in [3.63, 3.8) is 0 Å². The van der Waals surface area contributed by atoms with Gasteiger partial charge < -0.3 is 15.4 Å². The second kappa shape index (κ2) is 5.56. The fraction of sp³-hybridized carbons (Fsp3) is 0.455. The van der Waals surface area contributed by atoms with Crippen molar-refractivity contribution in [1.29, 1.82) is 0 Å². The molecule has 0 saturated carbocycles. The summed E-state index contributed by atoms with van der Waals surface area (Å²) in [6.07, 6.45) is 0. The largest absolute Gasteiger partial charge is 0.490 e. The summed E-state index contributed by atoms with van der Waals surface area (Å²) in [7, 11) is 3.94. The van der Waals surface area contributed by atoms with Gasteiger partial charge >= 0.3 is 0 Å². The molecule has 0 radical (unpaired) electrons. The van der Waals surface area contributed by atoms with Crippen LogP contribution in [-0.2, 0) is 6.67 Å². The standard InChI is InChI=1S/C11H17FN2O/c1-14(2)5-6-15-11-4-3-9(8-12)7-10(11)13/h3-4,7H,5-6,8,13H2,1-2H3. The second-order valence-corrected chi connectivity index (χ2v) is 3.66. The maximum atomic E-state index is 12.3. The number of anilines is 1. The van der Waals surface area contributed by atoms with E-state index >= 15 is 0 Å². The van der Waals surface area contributed by atoms with E-state index < -0.39 is 6.67 Å². The normalized spacial score (nSPS) is 10.7. The van der Waals surface area contributed by atoms with Gasteiger partial charge in [-0.3, -0.25) is 0 Å². The highest BCUT2D eigenvalue weighted by atomic mass is 19.1. The zero-order valence-corrected chi connectivity index (χ0v) is 9.16. The molecule has 0 aliphatic carbocycles. The Morgan fingerprint density at radius 1 is 1.40 bits per heavy atom. The zero-order valence-electron chi connectivity index (χ0n) is 9.16. The molecule has 15 heavy (non-hydrogen) atoms. The molecule has 0 aliphatic rings. The number of hydrogen-bond acceptors (Lipinski definition) is 3. The van der Waals surface area contributed by atoms with Gasteiger partial charge in [-0.05, 0) is 31.8 Å². The van der Waals surface area contributed by atoms with Gasteiger partial charge in [0.2, 0.25) is 0 Å². The van der Waals surface area contributed by atoms with Crippen LogP contribution in [0.5, 0.6) is 5.75 Å². The van der Waals surface area contributed by atoms with Gasteiger partial charge in [0, 0.05) is 6.54 Å². The van der Waals surface area contributed by atoms with Crippen LogP contribution < -0.4 is 10.5 Å². The molecule has 1 aromatic carbocycles. The summed E-state index contributed by atoms with van der Waals surface area (Å²) in [5.74, 6) is 0.619. The molecule has 4 heteroatoms. The molecule has 0 fully saturated rings. The molecule has 0 atom stereocenters. The molecular weight excluding hydrogens is 195 g/mol. The second-order valence-electron chi connectivity index (χ2n) is 3.66. The molecule has 84 valence electrons. The van der Waals surface area contributed by atoms with Crippen molar-refractivity contribution < 1.29 is 9.13 Å². The van der Waals surface area contributed by atoms with E-state index in [1.165, 1.54) is 0 Å². The molecule has 1 rings (SSSR count). The van der Waals surface area contributed by atoms with Crippen LogP contribution >= 0.6 is 0 Å². The first-order chi connectivity index (χ1) is 7.13. The Morgan fingerprint density at radius 2 is 2.13 bits per heavy atom. The first-order valence-electron chi connectivity index (χ1n) is 4.85. The first-order valence-corrected chi connectivity index (χ1v) is 4.85. The molecule has 0 bridgehead atoms. The van der Waals surface area contributed by atoms with Crippen LogP contribution in [0, 0.1) is 0 Å². The quantitative estimate of drug-likeness (QED) is 0.755. The van der Waals surface area contributed by atoms with Crippen molar-refractivity contribution in [2.75, 3.05) is 33.0 Å². The summed E-state index contributed by atoms with van der Waals surface area (Å²) in [4.78, 5) is 2.02. The molecule has 0 heterocycles. The van der Waals surface area contributed by atoms with Gasteiger partial charge in [0.15, 0.2) is 0 Å². The highest BCUT2D eigenvalue weighted by molar-refractivity contribution is 5.54. The molecule has 0 spiro atoms. The topological polar surface area (TPSA) is 38.5 Å². The van der Waals surface area contributed by atoms with E-state index in [1.54, 1.807) is 18.2 Å². The van der Waals surface area contributed by atoms with E-state index in [2.05, 4.69) is 0 Å². The summed E-state index contributed by atoms with van der Waals surface area (Å²) in [6, 6.07) is 4.99. The van der Waals surface area contributed by atoms with Gasteiger partial charge in [0.25, 0.3) is 0 Å². The molecule has 0 amide bonds. The van der Waals surface area contributed by atoms with Crippen molar-refractivity contribution in [2.24, 2.45) is 0 Å². The molecule has 0 aromatic heterocycles. The van der Waals surface area contributed by atoms with Crippen molar-refractivity contribution in [2.45, 2.75) is 6.67 Å². The minimum Gasteiger partial charge on any atom is -0.490 e. The van der Waals surface area contributed by atoms with Crippen molar-refractivity contribution in [1.82, 2.24) is 4.90 Å². The lowest BCUT2D eigenvalue weighted by Gasteiger charge is -2.12. The van der Waals surface area contributed by atoms with Crippen LogP contribution in [0.25, 0.3) is 0 Å².